The summed E-state index contributed by atoms with van der Waals surface area (Å²) in [5.74, 6) is -0.304. The van der Waals surface area contributed by atoms with Crippen LogP contribution in [0, 0.1) is 0 Å². The third-order valence-corrected chi connectivity index (χ3v) is 6.86. The number of ether oxygens (including phenoxy) is 1. The molecule has 1 amide bonds. The average molecular weight is 512 g/mol. The maximum Gasteiger partial charge on any atom is 0.336 e. The predicted octanol–water partition coefficient (Wildman–Crippen LogP) is 6.02. The number of aliphatic carboxylic acids is 1. The number of allylic oxidation sites excluding steroid dienone is 3. The second kappa shape index (κ2) is 11.3. The van der Waals surface area contributed by atoms with E-state index in [9.17, 15) is 14.7 Å². The first-order valence-electron chi connectivity index (χ1n) is 12.9. The van der Waals surface area contributed by atoms with Crippen LogP contribution in [0.2, 0.25) is 0 Å². The predicted molar refractivity (Wildman–Crippen MR) is 154 cm³/mol. The molecule has 7 nitrogen and oxygen atoms in total. The van der Waals surface area contributed by atoms with Crippen molar-refractivity contribution in [1.82, 2.24) is 0 Å². The molecule has 2 aromatic rings. The van der Waals surface area contributed by atoms with Crippen molar-refractivity contribution in [2.45, 2.75) is 27.7 Å². The molecular formula is C31H33N3O4. The number of rotatable bonds is 8. The summed E-state index contributed by atoms with van der Waals surface area (Å²) in [6.45, 7) is 15.3. The second-order valence-corrected chi connectivity index (χ2v) is 8.87. The summed E-state index contributed by atoms with van der Waals surface area (Å²) in [6, 6.07) is 12.1. The topological polar surface area (TPSA) is 82.4 Å². The van der Waals surface area contributed by atoms with Crippen molar-refractivity contribution in [3.05, 3.63) is 89.6 Å². The van der Waals surface area contributed by atoms with Crippen LogP contribution >= 0.6 is 0 Å². The lowest BCUT2D eigenvalue weighted by molar-refractivity contribution is -0.132. The lowest BCUT2D eigenvalue weighted by atomic mass is 9.84. The molecule has 0 bridgehead atoms. The number of hydrogen-bond donors (Lipinski definition) is 1. The smallest absolute Gasteiger partial charge is 0.336 e. The number of carbonyl (C=O) groups is 2. The first-order chi connectivity index (χ1) is 18.3. The van der Waals surface area contributed by atoms with Gasteiger partial charge in [0.05, 0.1) is 11.3 Å². The Balaban J connectivity index is 1.98. The number of carboxylic acid groups (broad SMARTS) is 1. The molecule has 4 rings (SSSR count). The number of aliphatic imine (C=N–C) groups is 1. The van der Waals surface area contributed by atoms with Gasteiger partial charge < -0.3 is 19.6 Å². The van der Waals surface area contributed by atoms with Crippen LogP contribution in [0.4, 0.5) is 11.4 Å². The van der Waals surface area contributed by atoms with Crippen molar-refractivity contribution < 1.29 is 19.4 Å². The highest BCUT2D eigenvalue weighted by molar-refractivity contribution is 6.18. The molecule has 7 heteroatoms. The van der Waals surface area contributed by atoms with Gasteiger partial charge in [-0.15, -0.1) is 0 Å². The number of hydrogen-bond acceptors (Lipinski definition) is 5. The van der Waals surface area contributed by atoms with E-state index in [1.165, 1.54) is 6.08 Å². The molecule has 0 saturated heterocycles. The zero-order chi connectivity index (χ0) is 27.4. The van der Waals surface area contributed by atoms with Crippen molar-refractivity contribution >= 4 is 34.5 Å². The Labute approximate surface area is 223 Å². The van der Waals surface area contributed by atoms with Crippen molar-refractivity contribution in [3.8, 4) is 11.5 Å². The monoisotopic (exact) mass is 511 g/mol. The summed E-state index contributed by atoms with van der Waals surface area (Å²) in [7, 11) is 0. The lowest BCUT2D eigenvalue weighted by Gasteiger charge is -2.30. The SMILES string of the molecule is C=CC(=O)N=C1C=CC(=C2c3ccc(N(CC)CC)cc3Oc3cc(N(CC)CC)ccc32)C(C(=O)O)=C1. The zero-order valence-corrected chi connectivity index (χ0v) is 22.3. The van der Waals surface area contributed by atoms with Gasteiger partial charge in [0.1, 0.15) is 11.5 Å². The molecule has 1 heterocycles. The quantitative estimate of drug-likeness (QED) is 0.373. The van der Waals surface area contributed by atoms with Gasteiger partial charge in [-0.25, -0.2) is 9.79 Å². The number of nitrogens with zero attached hydrogens (tertiary/aromatic N) is 3. The minimum atomic E-state index is -1.11. The van der Waals surface area contributed by atoms with Gasteiger partial charge in [-0.05, 0) is 75.8 Å². The molecule has 0 radical (unpaired) electrons. The van der Waals surface area contributed by atoms with Crippen LogP contribution in [0.1, 0.15) is 38.8 Å². The van der Waals surface area contributed by atoms with E-state index in [1.807, 2.05) is 36.4 Å². The third kappa shape index (κ3) is 5.05. The fourth-order valence-corrected chi connectivity index (χ4v) is 4.90. The highest BCUT2D eigenvalue weighted by atomic mass is 16.5. The van der Waals surface area contributed by atoms with Gasteiger partial charge >= 0.3 is 5.97 Å². The van der Waals surface area contributed by atoms with E-state index in [1.54, 1.807) is 12.2 Å². The van der Waals surface area contributed by atoms with E-state index in [0.29, 0.717) is 17.1 Å². The highest BCUT2D eigenvalue weighted by Gasteiger charge is 2.29. The molecule has 1 N–H and O–H groups in total. The molecule has 2 aliphatic rings. The van der Waals surface area contributed by atoms with Gasteiger partial charge in [-0.2, -0.15) is 0 Å². The van der Waals surface area contributed by atoms with E-state index < -0.39 is 11.9 Å². The van der Waals surface area contributed by atoms with Crippen molar-refractivity contribution in [1.29, 1.82) is 0 Å². The molecule has 0 unspecified atom stereocenters. The van der Waals surface area contributed by atoms with Gasteiger partial charge in [0, 0.05) is 66.4 Å². The van der Waals surface area contributed by atoms with Crippen LogP contribution in [0.3, 0.4) is 0 Å². The largest absolute Gasteiger partial charge is 0.478 e. The van der Waals surface area contributed by atoms with Gasteiger partial charge in [0.15, 0.2) is 0 Å². The summed E-state index contributed by atoms with van der Waals surface area (Å²) >= 11 is 0. The molecule has 1 aliphatic carbocycles. The van der Waals surface area contributed by atoms with Crippen LogP contribution in [0.15, 0.2) is 83.4 Å². The van der Waals surface area contributed by atoms with Crippen molar-refractivity contribution in [2.24, 2.45) is 4.99 Å². The molecule has 0 aromatic heterocycles. The molecule has 2 aromatic carbocycles. The molecule has 0 saturated carbocycles. The fourth-order valence-electron chi connectivity index (χ4n) is 4.90. The van der Waals surface area contributed by atoms with Crippen molar-refractivity contribution in [3.63, 3.8) is 0 Å². The van der Waals surface area contributed by atoms with Crippen LogP contribution in [0.5, 0.6) is 11.5 Å². The number of amides is 1. The molecule has 38 heavy (non-hydrogen) atoms. The molecule has 0 spiro atoms. The van der Waals surface area contributed by atoms with Gasteiger partial charge in [0.25, 0.3) is 5.91 Å². The number of carbonyl (C=O) groups excluding carboxylic acids is 1. The minimum absolute atomic E-state index is 0.0533. The average Bonchev–Trinajstić information content (AvgIpc) is 2.93. The number of anilines is 2. The standard InChI is InChI=1S/C31H33N3O4/c1-6-29(35)32-20-11-14-23(26(17-20)31(36)37)30-24-15-12-21(33(7-2)8-3)18-27(24)38-28-19-22(13-16-25(28)30)34(9-4)10-5/h6,11-19H,1,7-10H2,2-5H3,(H,36,37). The Morgan fingerprint density at radius 2 is 1.42 bits per heavy atom. The van der Waals surface area contributed by atoms with Gasteiger partial charge in [0.2, 0.25) is 0 Å². The highest BCUT2D eigenvalue weighted by Crippen LogP contribution is 2.48. The van der Waals surface area contributed by atoms with Gasteiger partial charge in [-0.3, -0.25) is 4.79 Å². The number of benzene rings is 2. The normalized spacial score (nSPS) is 14.8. The molecule has 196 valence electrons. The first kappa shape index (κ1) is 26.7. The fraction of sp³-hybridized carbons (Fsp3) is 0.258. The Hall–Kier alpha value is -4.39. The van der Waals surface area contributed by atoms with Crippen LogP contribution < -0.4 is 14.5 Å². The van der Waals surface area contributed by atoms with E-state index in [4.69, 9.17) is 4.74 Å². The summed E-state index contributed by atoms with van der Waals surface area (Å²) in [6.07, 6.45) is 5.88. The zero-order valence-electron chi connectivity index (χ0n) is 22.3. The third-order valence-electron chi connectivity index (χ3n) is 6.86. The second-order valence-electron chi connectivity index (χ2n) is 8.87. The van der Waals surface area contributed by atoms with Crippen LogP contribution in [0.25, 0.3) is 5.57 Å². The Morgan fingerprint density at radius 3 is 1.87 bits per heavy atom. The molecular weight excluding hydrogens is 478 g/mol. The summed E-state index contributed by atoms with van der Waals surface area (Å²) in [4.78, 5) is 32.6. The van der Waals surface area contributed by atoms with Crippen LogP contribution in [-0.4, -0.2) is 48.9 Å². The van der Waals surface area contributed by atoms with Gasteiger partial charge in [-0.1, -0.05) is 12.7 Å². The molecule has 0 atom stereocenters. The number of fused-ring (bicyclic) bond motifs is 2. The number of carboxylic acids is 1. The van der Waals surface area contributed by atoms with E-state index in [0.717, 1.165) is 60.3 Å². The lowest BCUT2D eigenvalue weighted by Crippen LogP contribution is -2.22. The van der Waals surface area contributed by atoms with Crippen molar-refractivity contribution in [2.75, 3.05) is 36.0 Å². The van der Waals surface area contributed by atoms with E-state index >= 15 is 0 Å². The Morgan fingerprint density at radius 1 is 0.895 bits per heavy atom. The molecule has 0 fully saturated rings. The maximum atomic E-state index is 12.4. The Bertz CT molecular complexity index is 1340. The molecule has 1 aliphatic heterocycles. The van der Waals surface area contributed by atoms with E-state index in [-0.39, 0.29) is 11.3 Å². The minimum Gasteiger partial charge on any atom is -0.478 e. The summed E-state index contributed by atoms with van der Waals surface area (Å²) < 4.78 is 6.48. The maximum absolute atomic E-state index is 12.4. The first-order valence-corrected chi connectivity index (χ1v) is 12.9. The Kier molecular flexibility index (Phi) is 7.96. The van der Waals surface area contributed by atoms with Crippen LogP contribution in [-0.2, 0) is 9.59 Å². The summed E-state index contributed by atoms with van der Waals surface area (Å²) in [5.41, 5.74) is 5.28. The van der Waals surface area contributed by atoms with E-state index in [2.05, 4.69) is 49.1 Å². The summed E-state index contributed by atoms with van der Waals surface area (Å²) in [5, 5.41) is 10.2.